The highest BCUT2D eigenvalue weighted by atomic mass is 16.5. The molecule has 32 heavy (non-hydrogen) atoms. The van der Waals surface area contributed by atoms with Gasteiger partial charge in [0.2, 0.25) is 11.7 Å². The van der Waals surface area contributed by atoms with Gasteiger partial charge in [-0.1, -0.05) is 30.3 Å². The molecule has 2 aromatic carbocycles. The van der Waals surface area contributed by atoms with E-state index in [1.54, 1.807) is 36.4 Å². The predicted octanol–water partition coefficient (Wildman–Crippen LogP) is 2.36. The maximum absolute atomic E-state index is 13.0. The summed E-state index contributed by atoms with van der Waals surface area (Å²) in [6.45, 7) is 0.623. The predicted molar refractivity (Wildman–Crippen MR) is 119 cm³/mol. The van der Waals surface area contributed by atoms with Gasteiger partial charge in [-0.15, -0.1) is 0 Å². The van der Waals surface area contributed by atoms with E-state index < -0.39 is 6.04 Å². The van der Waals surface area contributed by atoms with Crippen LogP contribution in [0, 0.1) is 0 Å². The van der Waals surface area contributed by atoms with Crippen LogP contribution in [0.15, 0.2) is 42.5 Å². The van der Waals surface area contributed by atoms with Crippen LogP contribution in [0.3, 0.4) is 0 Å². The Hall–Kier alpha value is -3.39. The molecule has 0 unspecified atom stereocenters. The van der Waals surface area contributed by atoms with Gasteiger partial charge < -0.3 is 19.5 Å². The number of amides is 1. The molecule has 1 aliphatic heterocycles. The van der Waals surface area contributed by atoms with Gasteiger partial charge in [0, 0.05) is 11.1 Å². The van der Waals surface area contributed by atoms with Crippen molar-refractivity contribution in [3.05, 3.63) is 53.6 Å². The molecule has 0 aliphatic carbocycles. The third-order valence-corrected chi connectivity index (χ3v) is 5.52. The lowest BCUT2D eigenvalue weighted by Gasteiger charge is -2.23. The topological polar surface area (TPSA) is 94.2 Å². The first-order valence-electron chi connectivity index (χ1n) is 10.4. The number of nitrogens with one attached hydrogen (secondary N) is 1. The third kappa shape index (κ3) is 5.26. The van der Waals surface area contributed by atoms with Gasteiger partial charge in [-0.3, -0.25) is 19.3 Å². The molecule has 1 heterocycles. The molecule has 3 rings (SSSR count). The number of benzene rings is 2. The number of ketones is 2. The van der Waals surface area contributed by atoms with Gasteiger partial charge in [0.15, 0.2) is 23.1 Å². The van der Waals surface area contributed by atoms with Crippen LogP contribution in [-0.4, -0.2) is 69.4 Å². The lowest BCUT2D eigenvalue weighted by molar-refractivity contribution is -0.125. The minimum atomic E-state index is -0.454. The van der Waals surface area contributed by atoms with Crippen molar-refractivity contribution in [3.63, 3.8) is 0 Å². The SMILES string of the molecule is COc1cc(C(=O)CN2CCC[C@H]2C(=O)NCC(=O)c2ccccc2)cc(OC)c1OC. The highest BCUT2D eigenvalue weighted by Gasteiger charge is 2.32. The van der Waals surface area contributed by atoms with Gasteiger partial charge in [-0.25, -0.2) is 0 Å². The van der Waals surface area contributed by atoms with Gasteiger partial charge in [0.05, 0.1) is 40.5 Å². The van der Waals surface area contributed by atoms with Crippen molar-refractivity contribution in [2.45, 2.75) is 18.9 Å². The second kappa shape index (κ2) is 10.8. The van der Waals surface area contributed by atoms with E-state index in [1.807, 2.05) is 11.0 Å². The number of ether oxygens (including phenoxy) is 3. The lowest BCUT2D eigenvalue weighted by atomic mass is 10.1. The van der Waals surface area contributed by atoms with Gasteiger partial charge >= 0.3 is 0 Å². The first-order chi connectivity index (χ1) is 15.5. The maximum atomic E-state index is 13.0. The molecule has 8 nitrogen and oxygen atoms in total. The molecule has 0 aromatic heterocycles. The molecule has 0 radical (unpaired) electrons. The number of likely N-dealkylation sites (tertiary alicyclic amines) is 1. The van der Waals surface area contributed by atoms with E-state index in [9.17, 15) is 14.4 Å². The Balaban J connectivity index is 1.65. The number of hydrogen-bond acceptors (Lipinski definition) is 7. The zero-order valence-corrected chi connectivity index (χ0v) is 18.6. The highest BCUT2D eigenvalue weighted by Crippen LogP contribution is 2.38. The molecule has 1 fully saturated rings. The number of hydrogen-bond donors (Lipinski definition) is 1. The first-order valence-corrected chi connectivity index (χ1v) is 10.4. The standard InChI is InChI=1S/C24H28N2O6/c1-30-21-12-17(13-22(31-2)23(21)32-3)20(28)15-26-11-7-10-18(26)24(29)25-14-19(27)16-8-5-4-6-9-16/h4-6,8-9,12-13,18H,7,10-11,14-15H2,1-3H3,(H,25,29)/t18-/m0/s1. The summed E-state index contributed by atoms with van der Waals surface area (Å²) in [5, 5.41) is 2.72. The second-order valence-electron chi connectivity index (χ2n) is 7.47. The largest absolute Gasteiger partial charge is 0.493 e. The van der Waals surface area contributed by atoms with Crippen molar-refractivity contribution in [2.24, 2.45) is 0 Å². The zero-order valence-electron chi connectivity index (χ0n) is 18.6. The summed E-state index contributed by atoms with van der Waals surface area (Å²) in [4.78, 5) is 39.8. The van der Waals surface area contributed by atoms with E-state index in [4.69, 9.17) is 14.2 Å². The van der Waals surface area contributed by atoms with E-state index in [-0.39, 0.29) is 30.6 Å². The summed E-state index contributed by atoms with van der Waals surface area (Å²) in [6, 6.07) is 11.6. The van der Waals surface area contributed by atoms with Crippen LogP contribution in [-0.2, 0) is 4.79 Å². The Morgan fingerprint density at radius 3 is 2.19 bits per heavy atom. The molecule has 1 N–H and O–H groups in total. The average molecular weight is 440 g/mol. The summed E-state index contributed by atoms with van der Waals surface area (Å²) in [6.07, 6.45) is 1.43. The Kier molecular flexibility index (Phi) is 7.83. The zero-order chi connectivity index (χ0) is 23.1. The Labute approximate surface area is 187 Å². The minimum absolute atomic E-state index is 0.0728. The molecule has 0 spiro atoms. The Morgan fingerprint density at radius 1 is 0.938 bits per heavy atom. The van der Waals surface area contributed by atoms with Crippen molar-refractivity contribution in [1.29, 1.82) is 0 Å². The van der Waals surface area contributed by atoms with E-state index in [0.29, 0.717) is 41.3 Å². The second-order valence-corrected chi connectivity index (χ2v) is 7.47. The molecule has 0 bridgehead atoms. The summed E-state index contributed by atoms with van der Waals surface area (Å²) in [5.74, 6) is 0.634. The quantitative estimate of drug-likeness (QED) is 0.567. The number of carbonyl (C=O) groups excluding carboxylic acids is 3. The van der Waals surface area contributed by atoms with Crippen molar-refractivity contribution in [2.75, 3.05) is 41.0 Å². The van der Waals surface area contributed by atoms with Gasteiger partial charge in [-0.05, 0) is 31.5 Å². The molecular weight excluding hydrogens is 412 g/mol. The summed E-state index contributed by atoms with van der Waals surface area (Å²) in [5.41, 5.74) is 0.957. The van der Waals surface area contributed by atoms with Gasteiger partial charge in [0.25, 0.3) is 0 Å². The van der Waals surface area contributed by atoms with Crippen LogP contribution in [0.5, 0.6) is 17.2 Å². The molecule has 0 saturated carbocycles. The van der Waals surface area contributed by atoms with Crippen LogP contribution in [0.1, 0.15) is 33.6 Å². The Bertz CT molecular complexity index is 951. The van der Waals surface area contributed by atoms with E-state index in [1.165, 1.54) is 21.3 Å². The summed E-state index contributed by atoms with van der Waals surface area (Å²) < 4.78 is 15.9. The summed E-state index contributed by atoms with van der Waals surface area (Å²) in [7, 11) is 4.48. The monoisotopic (exact) mass is 440 g/mol. The van der Waals surface area contributed by atoms with E-state index in [2.05, 4.69) is 5.32 Å². The number of carbonyl (C=O) groups is 3. The van der Waals surface area contributed by atoms with Crippen LogP contribution in [0.4, 0.5) is 0 Å². The fraction of sp³-hybridized carbons (Fsp3) is 0.375. The van der Waals surface area contributed by atoms with E-state index >= 15 is 0 Å². The van der Waals surface area contributed by atoms with Crippen molar-refractivity contribution in [1.82, 2.24) is 10.2 Å². The minimum Gasteiger partial charge on any atom is -0.493 e. The molecular formula is C24H28N2O6. The maximum Gasteiger partial charge on any atom is 0.237 e. The molecule has 1 aliphatic rings. The highest BCUT2D eigenvalue weighted by molar-refractivity contribution is 6.00. The van der Waals surface area contributed by atoms with Gasteiger partial charge in [-0.2, -0.15) is 0 Å². The number of rotatable bonds is 10. The summed E-state index contributed by atoms with van der Waals surface area (Å²) >= 11 is 0. The lowest BCUT2D eigenvalue weighted by Crippen LogP contribution is -2.46. The molecule has 1 atom stereocenters. The fourth-order valence-electron chi connectivity index (χ4n) is 3.84. The smallest absolute Gasteiger partial charge is 0.237 e. The van der Waals surface area contributed by atoms with Crippen molar-refractivity contribution < 1.29 is 28.6 Å². The molecule has 1 amide bonds. The van der Waals surface area contributed by atoms with E-state index in [0.717, 1.165) is 6.42 Å². The fourth-order valence-corrected chi connectivity index (χ4v) is 3.84. The number of methoxy groups -OCH3 is 3. The van der Waals surface area contributed by atoms with Crippen molar-refractivity contribution in [3.8, 4) is 17.2 Å². The third-order valence-electron chi connectivity index (χ3n) is 5.52. The first kappa shape index (κ1) is 23.3. The van der Waals surface area contributed by atoms with Crippen molar-refractivity contribution >= 4 is 17.5 Å². The molecule has 1 saturated heterocycles. The number of nitrogens with zero attached hydrogens (tertiary/aromatic N) is 1. The molecule has 8 heteroatoms. The van der Waals surface area contributed by atoms with Crippen LogP contribution >= 0.6 is 0 Å². The van der Waals surface area contributed by atoms with Crippen LogP contribution in [0.25, 0.3) is 0 Å². The van der Waals surface area contributed by atoms with Crippen LogP contribution in [0.2, 0.25) is 0 Å². The molecule has 170 valence electrons. The molecule has 2 aromatic rings. The number of Topliss-reactive ketones (excluding diaryl/α,β-unsaturated/α-hetero) is 2. The van der Waals surface area contributed by atoms with Crippen LogP contribution < -0.4 is 19.5 Å². The van der Waals surface area contributed by atoms with Gasteiger partial charge in [0.1, 0.15) is 0 Å². The normalized spacial score (nSPS) is 15.8. The Morgan fingerprint density at radius 2 is 1.59 bits per heavy atom. The average Bonchev–Trinajstić information content (AvgIpc) is 3.29.